The van der Waals surface area contributed by atoms with Crippen LogP contribution in [0.2, 0.25) is 10.3 Å². The van der Waals surface area contributed by atoms with Crippen molar-refractivity contribution in [2.45, 2.75) is 84.8 Å². The number of nitro groups is 2. The summed E-state index contributed by atoms with van der Waals surface area (Å²) in [6.45, 7) is 8.10. The van der Waals surface area contributed by atoms with Gasteiger partial charge in [-0.15, -0.1) is 4.99 Å². The Morgan fingerprint density at radius 3 is 1.07 bits per heavy atom. The van der Waals surface area contributed by atoms with Crippen molar-refractivity contribution in [3.63, 3.8) is 0 Å². The number of amides is 2. The average Bonchev–Trinajstić information content (AvgIpc) is 0.791. The number of benzene rings is 7. The topological polar surface area (TPSA) is 613 Å². The number of nitrogen functional groups attached to an aromatic ring is 4. The van der Waals surface area contributed by atoms with Crippen LogP contribution in [0.15, 0.2) is 107 Å². The molecule has 0 aliphatic carbocycles. The Labute approximate surface area is 874 Å². The molecule has 0 atom stereocenters. The Bertz CT molecular complexity index is 6270. The van der Waals surface area contributed by atoms with Crippen molar-refractivity contribution in [3.05, 3.63) is 228 Å². The number of carbonyl (C=O) groups is 6. The zero-order valence-corrected chi connectivity index (χ0v) is 84.8. The fraction of sp³-hybridized carbons (Fsp3) is 0.224. The van der Waals surface area contributed by atoms with E-state index < -0.39 is 226 Å². The number of ether oxygens (including phenoxy) is 3. The Hall–Kier alpha value is -9.36. The first-order chi connectivity index (χ1) is 63.9. The van der Waals surface area contributed by atoms with E-state index in [4.69, 9.17) is 73.4 Å². The van der Waals surface area contributed by atoms with Crippen molar-refractivity contribution >= 4 is 228 Å². The molecule has 9 rings (SSSR count). The molecule has 0 aliphatic heterocycles. The van der Waals surface area contributed by atoms with E-state index in [1.165, 1.54) is 57.5 Å². The van der Waals surface area contributed by atoms with Crippen LogP contribution in [0.5, 0.6) is 0 Å². The van der Waals surface area contributed by atoms with Crippen molar-refractivity contribution in [2.24, 2.45) is 0 Å². The number of hydrogen-bond acceptors (Lipinski definition) is 31. The Morgan fingerprint density at radius 1 is 0.462 bits per heavy atom. The van der Waals surface area contributed by atoms with Crippen LogP contribution < -0.4 is 102 Å². The van der Waals surface area contributed by atoms with Gasteiger partial charge in [0.1, 0.15) is 52.1 Å². The van der Waals surface area contributed by atoms with Crippen molar-refractivity contribution in [2.75, 3.05) is 46.8 Å². The number of nitro benzene ring substituents is 2. The first-order valence-corrected chi connectivity index (χ1v) is 50.6. The van der Waals surface area contributed by atoms with Gasteiger partial charge in [-0.05, 0) is 126 Å². The van der Waals surface area contributed by atoms with Crippen LogP contribution in [0, 0.1) is 60.9 Å². The first kappa shape index (κ1) is 144. The molecule has 0 aliphatic rings. The SMILES string of the molecule is CC(=O)Nc1cc(C(F)(F)F)c(F)cc1[N+](=O)[O-].CC(=O)Nc1ccc(F)c(C(F)(F)F)c1.CC(=O)OC(C)=O.CCOC(=O)C(=O)OCC.Fc1cc2nc(Cl)c(Cl)nc2cc1C(F)(F)F.Nc1cc(C(F)(F)F)c(F)cc1[N+](=O)[O-].Nc1cc(F)c(C(F)(F)F)cc1N.Nc1ccc(F)c(C(F)(F)F)c1.O=P(Cl)(Cl)Cl.O=S(=O)=S(=O)=O.O=c1[nH]c2cc(F)c(C(F)(F)F)cc2[nH]c1=O.ONOO.[K+].[Na][Na].[OH-]. The largest absolute Gasteiger partial charge is 0.870 e. The van der Waals surface area contributed by atoms with E-state index in [-0.39, 0.29) is 149 Å². The van der Waals surface area contributed by atoms with E-state index >= 15 is 0 Å². The number of rotatable bonds is 7. The van der Waals surface area contributed by atoms with Crippen LogP contribution in [0.1, 0.15) is 80.5 Å². The van der Waals surface area contributed by atoms with Crippen LogP contribution >= 0.6 is 62.1 Å². The smallest absolute Gasteiger partial charge is 0.870 e. The summed E-state index contributed by atoms with van der Waals surface area (Å²) in [6.07, 6.45) is -33.8. The number of esters is 4. The van der Waals surface area contributed by atoms with E-state index in [1.54, 1.807) is 13.8 Å². The second kappa shape index (κ2) is 65.3. The maximum Gasteiger partial charge on any atom is -0.870 e. The van der Waals surface area contributed by atoms with Crippen LogP contribution in [0.25, 0.3) is 22.1 Å². The van der Waals surface area contributed by atoms with Gasteiger partial charge in [-0.3, -0.25) is 58.8 Å². The summed E-state index contributed by atoms with van der Waals surface area (Å²) in [7, 11) is -5.90. The molecule has 16 N–H and O–H groups in total. The quantitative estimate of drug-likeness (QED) is 0.00603. The Kier molecular flexibility index (Phi) is 65.9. The first-order valence-electron chi connectivity index (χ1n) is 34.7. The Morgan fingerprint density at radius 2 is 0.748 bits per heavy atom. The summed E-state index contributed by atoms with van der Waals surface area (Å²) in [5.41, 5.74) is 3.99. The predicted octanol–water partition coefficient (Wildman–Crippen LogP) is 14.9. The number of aromatic nitrogens is 4. The number of nitrogens with one attached hydrogen (secondary N) is 5. The molecule has 0 saturated heterocycles. The number of nitrogens with two attached hydrogens (primary N) is 4. The summed E-state index contributed by atoms with van der Waals surface area (Å²) in [5.74, 6) is -14.8. The van der Waals surface area contributed by atoms with Gasteiger partial charge in [-0.1, -0.05) is 23.2 Å². The van der Waals surface area contributed by atoms with Crippen molar-refractivity contribution in [1.82, 2.24) is 25.6 Å². The fourth-order valence-corrected chi connectivity index (χ4v) is 8.24. The standard InChI is InChI=1S/C9H2Cl2F4N2.C9H6F4N2O3.C9H4F4N2O2.C9H7F4NO.C7H4F4N2O2.C7H6F4N2.C7H5F4N.C6H10O4.C4H6O3.Cl3OP.K.H3NO3.2Na.O4S2.H2O/c10-7-8(11)17-6-2-4(12)3(9(13,14)15)1-5(6)16-7;1-4(16)14-7-2-5(9(11,12)13)6(10)3-8(7)15(17)18;10-4-2-6-5(1-3(4)9(11,12)13)14-7(16)8(17)15-6;1-5(15)14-6-2-3-8(10)7(4-6)9(11,12)13;8-4-2-6(13(14)15)5(12)1-3(4)7(9,10)11;8-4-2-6(13)5(12)1-3(4)7(9,10)11;8-6-2-1-4(12)3-5(6)7(9,10)11;1-3-9-5(7)6(8)10-4-2;1-3(5)7-4(2)6;1-5(2,3)4;;2-1-4-3;;;1-5(2)6(3)4;/h1-2H;2-3H,1H3,(H,14,16);1-2H,(H,14,16)(H,15,17);2-4H,1H3,(H,14,15);1-2H,12H2;1-2H,12-13H2;1-3H,12H2;3-4H2,1-2H3;1-2H3;;;1-3H;;;;1H2/q;;;;;;;;;;+1;;;;;/p-1. The number of H-pyrrole nitrogens is 2. The third kappa shape index (κ3) is 58.0. The second-order valence-electron chi connectivity index (χ2n) is 23.4. The number of carbonyl (C=O) groups excluding carboxylic acids is 6. The molecule has 76 heteroatoms. The minimum absolute atomic E-state index is 0. The van der Waals surface area contributed by atoms with Gasteiger partial charge in [0, 0.05) is 51.2 Å². The van der Waals surface area contributed by atoms with Gasteiger partial charge in [0.25, 0.3) is 11.4 Å². The summed E-state index contributed by atoms with van der Waals surface area (Å²) >= 11 is 27.8. The molecular formula is C67H54Cl5F28KN13Na2O24PS2. The van der Waals surface area contributed by atoms with E-state index in [9.17, 15) is 186 Å². The average molecular weight is 2310 g/mol. The molecule has 0 bridgehead atoms. The van der Waals surface area contributed by atoms with Gasteiger partial charge >= 0.3 is 197 Å². The number of alkyl halides is 21. The molecule has 37 nitrogen and oxygen atoms in total. The van der Waals surface area contributed by atoms with Gasteiger partial charge in [0.2, 0.25) is 11.8 Å². The molecule has 0 fully saturated rings. The van der Waals surface area contributed by atoms with Gasteiger partial charge in [0.15, 0.2) is 10.3 Å². The van der Waals surface area contributed by atoms with Crippen molar-refractivity contribution in [3.8, 4) is 0 Å². The number of nitrogens with zero attached hydrogens (tertiary/aromatic N) is 4. The number of aromatic amines is 2. The molecule has 2 amide bonds. The van der Waals surface area contributed by atoms with E-state index in [1.807, 2.05) is 15.3 Å². The summed E-state index contributed by atoms with van der Waals surface area (Å²) in [6, 6.07) is 8.40. The zero-order valence-electron chi connectivity index (χ0n) is 71.4. The number of fused-ring (bicyclic) bond motifs is 2. The van der Waals surface area contributed by atoms with Crippen molar-refractivity contribution in [1.29, 1.82) is 0 Å². The number of anilines is 6. The second-order valence-corrected chi connectivity index (χ2v) is 33.2. The molecule has 0 unspecified atom stereocenters. The molecule has 0 radical (unpaired) electrons. The maximum atomic E-state index is 13.2. The number of halogens is 33. The third-order valence-electron chi connectivity index (χ3n) is 13.1. The van der Waals surface area contributed by atoms with Gasteiger partial charge in [-0.2, -0.15) is 109 Å². The van der Waals surface area contributed by atoms with E-state index in [0.29, 0.717) is 60.7 Å². The van der Waals surface area contributed by atoms with E-state index in [2.05, 4.69) is 68.2 Å². The molecule has 143 heavy (non-hydrogen) atoms. The number of hydrogen-bond donors (Lipinski definition) is 11. The van der Waals surface area contributed by atoms with Gasteiger partial charge < -0.3 is 63.2 Å². The fourth-order valence-electron chi connectivity index (χ4n) is 7.97. The molecule has 0 saturated carbocycles. The van der Waals surface area contributed by atoms with E-state index in [0.717, 1.165) is 31.6 Å². The zero-order chi connectivity index (χ0) is 112. The molecule has 2 heterocycles. The molecular weight excluding hydrogens is 2260 g/mol. The molecule has 9 aromatic rings. The van der Waals surface area contributed by atoms with Gasteiger partial charge in [0.05, 0.1) is 108 Å². The van der Waals surface area contributed by atoms with Crippen LogP contribution in [-0.4, -0.2) is 155 Å². The summed E-state index contributed by atoms with van der Waals surface area (Å²) in [4.78, 5) is 116. The van der Waals surface area contributed by atoms with Crippen LogP contribution in [0.3, 0.4) is 0 Å². The molecule has 7 aromatic carbocycles. The van der Waals surface area contributed by atoms with Crippen LogP contribution in [-0.2, 0) is 114 Å². The molecule has 0 spiro atoms. The van der Waals surface area contributed by atoms with Gasteiger partial charge in [-0.25, -0.2) is 55.5 Å². The minimum Gasteiger partial charge on any atom is -0.870 e. The maximum absolute atomic E-state index is 13.2. The minimum atomic E-state index is -5.01. The summed E-state index contributed by atoms with van der Waals surface area (Å²) in [5, 5.41) is 35.2. The molecule has 782 valence electrons. The monoisotopic (exact) mass is 2310 g/mol. The summed E-state index contributed by atoms with van der Waals surface area (Å²) < 4.78 is 405. The van der Waals surface area contributed by atoms with Crippen molar-refractivity contribution < 1.29 is 269 Å². The molecule has 2 aromatic heterocycles. The third-order valence-corrected chi connectivity index (χ3v) is 14.6. The van der Waals surface area contributed by atoms with Crippen LogP contribution in [0.4, 0.5) is 168 Å². The predicted molar refractivity (Wildman–Crippen MR) is 442 cm³/mol. The Balaban J connectivity index is -0.000000364. The normalized spacial score (nSPS) is 10.7.